The van der Waals surface area contributed by atoms with Gasteiger partial charge in [0, 0.05) is 11.4 Å². The van der Waals surface area contributed by atoms with Gasteiger partial charge in [-0.15, -0.1) is 11.3 Å². The Bertz CT molecular complexity index is 665. The molecular weight excluding hydrogens is 308 g/mol. The summed E-state index contributed by atoms with van der Waals surface area (Å²) in [4.78, 5) is 25.6. The highest BCUT2D eigenvalue weighted by Gasteiger charge is 2.12. The third-order valence-corrected chi connectivity index (χ3v) is 4.70. The number of aryl methyl sites for hydroxylation is 2. The number of carbonyl (C=O) groups excluding carboxylic acids is 2. The van der Waals surface area contributed by atoms with Crippen LogP contribution >= 0.6 is 11.3 Å². The molecule has 0 atom stereocenters. The van der Waals surface area contributed by atoms with Crippen molar-refractivity contribution in [1.29, 1.82) is 0 Å². The normalized spacial score (nSPS) is 10.3. The van der Waals surface area contributed by atoms with Crippen molar-refractivity contribution in [2.75, 3.05) is 13.1 Å². The van der Waals surface area contributed by atoms with E-state index < -0.39 is 0 Å². The van der Waals surface area contributed by atoms with Crippen molar-refractivity contribution in [1.82, 2.24) is 10.6 Å². The zero-order valence-corrected chi connectivity index (χ0v) is 14.3. The Labute approximate surface area is 140 Å². The fraction of sp³-hybridized carbons (Fsp3) is 0.333. The molecule has 2 aromatic rings. The highest BCUT2D eigenvalue weighted by atomic mass is 32.1. The molecule has 1 aromatic heterocycles. The molecular formula is C18H22N2O2S. The summed E-state index contributed by atoms with van der Waals surface area (Å²) < 4.78 is 0. The maximum Gasteiger partial charge on any atom is 0.261 e. The first-order chi connectivity index (χ1) is 11.1. The molecule has 2 N–H and O–H groups in total. The van der Waals surface area contributed by atoms with Gasteiger partial charge in [-0.25, -0.2) is 0 Å². The number of amides is 2. The van der Waals surface area contributed by atoms with E-state index in [1.165, 1.54) is 22.5 Å². The van der Waals surface area contributed by atoms with E-state index in [1.807, 2.05) is 43.3 Å². The van der Waals surface area contributed by atoms with Crippen LogP contribution < -0.4 is 10.6 Å². The first-order valence-corrected chi connectivity index (χ1v) is 8.60. The predicted molar refractivity (Wildman–Crippen MR) is 93.9 cm³/mol. The van der Waals surface area contributed by atoms with Crippen LogP contribution in [0.1, 0.15) is 32.6 Å². The lowest BCUT2D eigenvalue weighted by molar-refractivity contribution is -0.120. The second-order valence-electron chi connectivity index (χ2n) is 5.31. The zero-order valence-electron chi connectivity index (χ0n) is 13.5. The smallest absolute Gasteiger partial charge is 0.261 e. The quantitative estimate of drug-likeness (QED) is 0.820. The average molecular weight is 330 g/mol. The molecule has 1 heterocycles. The van der Waals surface area contributed by atoms with Crippen LogP contribution in [0.15, 0.2) is 36.4 Å². The molecule has 0 unspecified atom stereocenters. The van der Waals surface area contributed by atoms with Crippen LogP contribution in [0.2, 0.25) is 0 Å². The van der Waals surface area contributed by atoms with Gasteiger partial charge in [-0.05, 0) is 37.0 Å². The van der Waals surface area contributed by atoms with E-state index >= 15 is 0 Å². The number of hydrogen-bond acceptors (Lipinski definition) is 3. The Morgan fingerprint density at radius 2 is 1.87 bits per heavy atom. The van der Waals surface area contributed by atoms with E-state index in [1.54, 1.807) is 0 Å². The van der Waals surface area contributed by atoms with Crippen molar-refractivity contribution >= 4 is 23.2 Å². The van der Waals surface area contributed by atoms with Crippen LogP contribution in [0, 0.1) is 6.92 Å². The van der Waals surface area contributed by atoms with Crippen LogP contribution in [0.5, 0.6) is 0 Å². The summed E-state index contributed by atoms with van der Waals surface area (Å²) in [6.07, 6.45) is 1.69. The van der Waals surface area contributed by atoms with Gasteiger partial charge in [-0.2, -0.15) is 0 Å². The molecule has 0 saturated carbocycles. The van der Waals surface area contributed by atoms with Crippen LogP contribution in [0.25, 0.3) is 0 Å². The third kappa shape index (κ3) is 5.21. The molecule has 0 aliphatic heterocycles. The Kier molecular flexibility index (Phi) is 6.35. The standard InChI is InChI=1S/C18H22N2O2S/c1-3-15-11-16(23-13(15)2)18(22)20-12-17(21)19-10-9-14-7-5-4-6-8-14/h4-8,11H,3,9-10,12H2,1-2H3,(H,19,21)(H,20,22). The lowest BCUT2D eigenvalue weighted by atomic mass is 10.1. The fourth-order valence-corrected chi connectivity index (χ4v) is 3.31. The van der Waals surface area contributed by atoms with E-state index in [4.69, 9.17) is 0 Å². The minimum atomic E-state index is -0.184. The molecule has 0 fully saturated rings. The zero-order chi connectivity index (χ0) is 16.7. The SMILES string of the molecule is CCc1cc(C(=O)NCC(=O)NCCc2ccccc2)sc1C. The minimum absolute atomic E-state index is 0.00598. The summed E-state index contributed by atoms with van der Waals surface area (Å²) in [7, 11) is 0. The number of benzene rings is 1. The minimum Gasteiger partial charge on any atom is -0.354 e. The summed E-state index contributed by atoms with van der Waals surface area (Å²) in [6, 6.07) is 11.9. The van der Waals surface area contributed by atoms with Gasteiger partial charge in [0.1, 0.15) is 0 Å². The molecule has 0 aliphatic rings. The van der Waals surface area contributed by atoms with E-state index in [-0.39, 0.29) is 18.4 Å². The highest BCUT2D eigenvalue weighted by Crippen LogP contribution is 2.21. The van der Waals surface area contributed by atoms with E-state index in [2.05, 4.69) is 17.6 Å². The van der Waals surface area contributed by atoms with Gasteiger partial charge in [-0.1, -0.05) is 37.3 Å². The molecule has 4 nitrogen and oxygen atoms in total. The summed E-state index contributed by atoms with van der Waals surface area (Å²) in [6.45, 7) is 4.65. The molecule has 2 rings (SSSR count). The van der Waals surface area contributed by atoms with Crippen molar-refractivity contribution in [2.24, 2.45) is 0 Å². The molecule has 122 valence electrons. The molecule has 0 saturated heterocycles. The molecule has 5 heteroatoms. The molecule has 2 amide bonds. The third-order valence-electron chi connectivity index (χ3n) is 3.61. The van der Waals surface area contributed by atoms with Crippen LogP contribution in [0.4, 0.5) is 0 Å². The summed E-state index contributed by atoms with van der Waals surface area (Å²) in [5, 5.41) is 5.49. The highest BCUT2D eigenvalue weighted by molar-refractivity contribution is 7.14. The number of carbonyl (C=O) groups is 2. The van der Waals surface area contributed by atoms with E-state index in [9.17, 15) is 9.59 Å². The molecule has 0 bridgehead atoms. The number of hydrogen-bond donors (Lipinski definition) is 2. The summed E-state index contributed by atoms with van der Waals surface area (Å²) in [5.74, 6) is -0.353. The van der Waals surface area contributed by atoms with E-state index in [0.29, 0.717) is 11.4 Å². The second-order valence-corrected chi connectivity index (χ2v) is 6.57. The lowest BCUT2D eigenvalue weighted by Gasteiger charge is -2.06. The van der Waals surface area contributed by atoms with Gasteiger partial charge >= 0.3 is 0 Å². The molecule has 23 heavy (non-hydrogen) atoms. The Hall–Kier alpha value is -2.14. The Balaban J connectivity index is 1.72. The van der Waals surface area contributed by atoms with Crippen LogP contribution in [-0.4, -0.2) is 24.9 Å². The van der Waals surface area contributed by atoms with Crippen molar-refractivity contribution in [3.05, 3.63) is 57.3 Å². The van der Waals surface area contributed by atoms with Gasteiger partial charge in [0.25, 0.3) is 5.91 Å². The van der Waals surface area contributed by atoms with Gasteiger partial charge in [0.2, 0.25) is 5.91 Å². The monoisotopic (exact) mass is 330 g/mol. The predicted octanol–water partition coefficient (Wildman–Crippen LogP) is 2.71. The summed E-state index contributed by atoms with van der Waals surface area (Å²) in [5.41, 5.74) is 2.37. The molecule has 0 aliphatic carbocycles. The number of rotatable bonds is 7. The van der Waals surface area contributed by atoms with Gasteiger partial charge in [-0.3, -0.25) is 9.59 Å². The van der Waals surface area contributed by atoms with Crippen molar-refractivity contribution in [2.45, 2.75) is 26.7 Å². The Morgan fingerprint density at radius 1 is 1.13 bits per heavy atom. The van der Waals surface area contributed by atoms with Crippen LogP contribution in [-0.2, 0) is 17.6 Å². The molecule has 0 radical (unpaired) electrons. The van der Waals surface area contributed by atoms with Gasteiger partial charge in [0.05, 0.1) is 11.4 Å². The lowest BCUT2D eigenvalue weighted by Crippen LogP contribution is -2.37. The number of nitrogens with one attached hydrogen (secondary N) is 2. The number of thiophene rings is 1. The first-order valence-electron chi connectivity index (χ1n) is 7.78. The van der Waals surface area contributed by atoms with Gasteiger partial charge in [0.15, 0.2) is 0 Å². The average Bonchev–Trinajstić information content (AvgIpc) is 2.94. The topological polar surface area (TPSA) is 58.2 Å². The largest absolute Gasteiger partial charge is 0.354 e. The molecule has 1 aromatic carbocycles. The Morgan fingerprint density at radius 3 is 2.52 bits per heavy atom. The fourth-order valence-electron chi connectivity index (χ4n) is 2.28. The maximum absolute atomic E-state index is 12.0. The van der Waals surface area contributed by atoms with E-state index in [0.717, 1.165) is 17.7 Å². The van der Waals surface area contributed by atoms with Crippen molar-refractivity contribution in [3.8, 4) is 0 Å². The van der Waals surface area contributed by atoms with Crippen LogP contribution in [0.3, 0.4) is 0 Å². The second kappa shape index (κ2) is 8.48. The van der Waals surface area contributed by atoms with Crippen molar-refractivity contribution < 1.29 is 9.59 Å². The first kappa shape index (κ1) is 17.2. The van der Waals surface area contributed by atoms with Gasteiger partial charge < -0.3 is 10.6 Å². The molecule has 0 spiro atoms. The van der Waals surface area contributed by atoms with Crippen molar-refractivity contribution in [3.63, 3.8) is 0 Å². The maximum atomic E-state index is 12.0. The summed E-state index contributed by atoms with van der Waals surface area (Å²) >= 11 is 1.47.